The van der Waals surface area contributed by atoms with Crippen molar-refractivity contribution in [3.05, 3.63) is 42.2 Å². The lowest BCUT2D eigenvalue weighted by Crippen LogP contribution is -2.34. The molecule has 0 radical (unpaired) electrons. The van der Waals surface area contributed by atoms with Crippen molar-refractivity contribution in [3.8, 4) is 11.4 Å². The molecule has 132 valence electrons. The van der Waals surface area contributed by atoms with Crippen LogP contribution in [-0.2, 0) is 16.1 Å². The molecule has 1 aromatic heterocycles. The number of carbonyl (C=O) groups excluding carboxylic acids is 1. The molecule has 0 aliphatic heterocycles. The molecule has 0 fully saturated rings. The predicted molar refractivity (Wildman–Crippen MR) is 94.0 cm³/mol. The van der Waals surface area contributed by atoms with E-state index in [0.29, 0.717) is 19.7 Å². The minimum atomic E-state index is -0.0694. The first-order valence-corrected chi connectivity index (χ1v) is 7.38. The first kappa shape index (κ1) is 20.0. The van der Waals surface area contributed by atoms with E-state index in [-0.39, 0.29) is 24.9 Å². The van der Waals surface area contributed by atoms with Crippen molar-refractivity contribution in [1.29, 1.82) is 0 Å². The topological polar surface area (TPSA) is 77.4 Å². The summed E-state index contributed by atoms with van der Waals surface area (Å²) < 4.78 is 11.8. The van der Waals surface area contributed by atoms with Gasteiger partial charge in [0.15, 0.2) is 0 Å². The minimum absolute atomic E-state index is 0. The Balaban J connectivity index is 0.00000288. The molecule has 0 bridgehead atoms. The Hall–Kier alpha value is -2.09. The highest BCUT2D eigenvalue weighted by Crippen LogP contribution is 2.14. The summed E-state index contributed by atoms with van der Waals surface area (Å²) >= 11 is 0. The highest BCUT2D eigenvalue weighted by atomic mass is 35.5. The third-order valence-electron chi connectivity index (χ3n) is 3.22. The number of methoxy groups -OCH3 is 2. The number of carbonyl (C=O) groups is 1. The molecule has 0 unspecified atom stereocenters. The van der Waals surface area contributed by atoms with Gasteiger partial charge in [-0.05, 0) is 30.3 Å². The van der Waals surface area contributed by atoms with E-state index in [4.69, 9.17) is 9.47 Å². The van der Waals surface area contributed by atoms with E-state index in [9.17, 15) is 4.79 Å². The molecule has 0 aliphatic carbocycles. The predicted octanol–water partition coefficient (Wildman–Crippen LogP) is 1.15. The number of hydrogen-bond donors (Lipinski definition) is 2. The van der Waals surface area contributed by atoms with Crippen LogP contribution in [0.2, 0.25) is 0 Å². The molecular formula is C16H23ClN4O3. The van der Waals surface area contributed by atoms with E-state index >= 15 is 0 Å². The minimum Gasteiger partial charge on any atom is -0.497 e. The smallest absolute Gasteiger partial charge is 0.234 e. The van der Waals surface area contributed by atoms with Crippen LogP contribution < -0.4 is 15.4 Å². The number of hydrogen-bond acceptors (Lipinski definition) is 5. The molecule has 0 aliphatic rings. The summed E-state index contributed by atoms with van der Waals surface area (Å²) in [5.74, 6) is 0.731. The summed E-state index contributed by atoms with van der Waals surface area (Å²) in [4.78, 5) is 11.7. The zero-order valence-electron chi connectivity index (χ0n) is 13.8. The van der Waals surface area contributed by atoms with Gasteiger partial charge in [-0.25, -0.2) is 4.68 Å². The molecular weight excluding hydrogens is 332 g/mol. The summed E-state index contributed by atoms with van der Waals surface area (Å²) in [5.41, 5.74) is 1.73. The summed E-state index contributed by atoms with van der Waals surface area (Å²) in [6, 6.07) is 9.49. The number of aromatic nitrogens is 2. The third-order valence-corrected chi connectivity index (χ3v) is 3.22. The SMILES string of the molecule is COCCNCC(=O)NCc1ccn(-c2ccc(OC)cc2)n1.Cl. The maximum absolute atomic E-state index is 11.7. The molecule has 1 aromatic carbocycles. The highest BCUT2D eigenvalue weighted by Gasteiger charge is 2.04. The zero-order valence-corrected chi connectivity index (χ0v) is 14.6. The molecule has 0 saturated carbocycles. The molecule has 1 amide bonds. The van der Waals surface area contributed by atoms with Crippen molar-refractivity contribution in [1.82, 2.24) is 20.4 Å². The van der Waals surface area contributed by atoms with Gasteiger partial charge in [0.25, 0.3) is 0 Å². The molecule has 2 N–H and O–H groups in total. The zero-order chi connectivity index (χ0) is 16.5. The van der Waals surface area contributed by atoms with Crippen molar-refractivity contribution in [2.75, 3.05) is 33.9 Å². The summed E-state index contributed by atoms with van der Waals surface area (Å²) in [5, 5.41) is 10.2. The van der Waals surface area contributed by atoms with Crippen LogP contribution in [0.25, 0.3) is 5.69 Å². The number of benzene rings is 1. The fourth-order valence-corrected chi connectivity index (χ4v) is 1.96. The molecule has 7 nitrogen and oxygen atoms in total. The summed E-state index contributed by atoms with van der Waals surface area (Å²) in [6.07, 6.45) is 1.86. The molecule has 8 heteroatoms. The average molecular weight is 355 g/mol. The van der Waals surface area contributed by atoms with Crippen LogP contribution >= 0.6 is 12.4 Å². The lowest BCUT2D eigenvalue weighted by atomic mass is 10.3. The molecule has 1 heterocycles. The van der Waals surface area contributed by atoms with Crippen molar-refractivity contribution in [2.45, 2.75) is 6.54 Å². The fraction of sp³-hybridized carbons (Fsp3) is 0.375. The van der Waals surface area contributed by atoms with E-state index in [1.165, 1.54) is 0 Å². The molecule has 0 atom stereocenters. The van der Waals surface area contributed by atoms with Crippen molar-refractivity contribution in [2.24, 2.45) is 0 Å². The normalized spacial score (nSPS) is 10.1. The van der Waals surface area contributed by atoms with E-state index in [0.717, 1.165) is 17.1 Å². The fourth-order valence-electron chi connectivity index (χ4n) is 1.96. The Morgan fingerprint density at radius 2 is 1.96 bits per heavy atom. The number of halogens is 1. The second kappa shape index (κ2) is 10.6. The van der Waals surface area contributed by atoms with Gasteiger partial charge in [-0.15, -0.1) is 12.4 Å². The van der Waals surface area contributed by atoms with Crippen LogP contribution in [0.1, 0.15) is 5.69 Å². The molecule has 2 rings (SSSR count). The van der Waals surface area contributed by atoms with Crippen LogP contribution in [0.15, 0.2) is 36.5 Å². The second-order valence-corrected chi connectivity index (χ2v) is 4.90. The number of nitrogens with zero attached hydrogens (tertiary/aromatic N) is 2. The van der Waals surface area contributed by atoms with Crippen molar-refractivity contribution >= 4 is 18.3 Å². The lowest BCUT2D eigenvalue weighted by Gasteiger charge is -2.05. The number of nitrogens with one attached hydrogen (secondary N) is 2. The monoisotopic (exact) mass is 354 g/mol. The summed E-state index contributed by atoms with van der Waals surface area (Å²) in [6.45, 7) is 1.89. The second-order valence-electron chi connectivity index (χ2n) is 4.90. The van der Waals surface area contributed by atoms with Crippen LogP contribution in [0.4, 0.5) is 0 Å². The first-order chi connectivity index (χ1) is 11.2. The maximum atomic E-state index is 11.7. The lowest BCUT2D eigenvalue weighted by molar-refractivity contribution is -0.120. The molecule has 2 aromatic rings. The van der Waals surface area contributed by atoms with Gasteiger partial charge in [-0.3, -0.25) is 4.79 Å². The molecule has 0 spiro atoms. The quantitative estimate of drug-likeness (QED) is 0.661. The Labute approximate surface area is 147 Å². The van der Waals surface area contributed by atoms with Gasteiger partial charge in [0, 0.05) is 19.9 Å². The molecule has 0 saturated heterocycles. The van der Waals surface area contributed by atoms with Crippen LogP contribution in [0.3, 0.4) is 0 Å². The third kappa shape index (κ3) is 6.19. The van der Waals surface area contributed by atoms with Gasteiger partial charge < -0.3 is 20.1 Å². The van der Waals surface area contributed by atoms with Crippen LogP contribution in [0.5, 0.6) is 5.75 Å². The Bertz CT molecular complexity index is 616. The van der Waals surface area contributed by atoms with Crippen LogP contribution in [-0.4, -0.2) is 49.6 Å². The van der Waals surface area contributed by atoms with E-state index in [1.54, 1.807) is 18.9 Å². The maximum Gasteiger partial charge on any atom is 0.234 e. The Morgan fingerprint density at radius 1 is 1.21 bits per heavy atom. The first-order valence-electron chi connectivity index (χ1n) is 7.38. The number of amides is 1. The van der Waals surface area contributed by atoms with Gasteiger partial charge in [-0.1, -0.05) is 0 Å². The molecule has 24 heavy (non-hydrogen) atoms. The van der Waals surface area contributed by atoms with Gasteiger partial charge in [0.2, 0.25) is 5.91 Å². The van der Waals surface area contributed by atoms with Crippen molar-refractivity contribution < 1.29 is 14.3 Å². The van der Waals surface area contributed by atoms with E-state index in [2.05, 4.69) is 15.7 Å². The average Bonchev–Trinajstić information content (AvgIpc) is 3.06. The standard InChI is InChI=1S/C16H22N4O3.ClH/c1-22-10-8-17-12-16(21)18-11-13-7-9-20(19-13)14-3-5-15(23-2)6-4-14;/h3-7,9,17H,8,10-12H2,1-2H3,(H,18,21);1H. The van der Waals surface area contributed by atoms with Gasteiger partial charge in [0.05, 0.1) is 38.2 Å². The van der Waals surface area contributed by atoms with Crippen LogP contribution in [0, 0.1) is 0 Å². The largest absolute Gasteiger partial charge is 0.497 e. The highest BCUT2D eigenvalue weighted by molar-refractivity contribution is 5.85. The Morgan fingerprint density at radius 3 is 2.62 bits per heavy atom. The van der Waals surface area contributed by atoms with E-state index < -0.39 is 0 Å². The summed E-state index contributed by atoms with van der Waals surface area (Å²) in [7, 11) is 3.26. The Kier molecular flexibility index (Phi) is 8.85. The van der Waals surface area contributed by atoms with Gasteiger partial charge >= 0.3 is 0 Å². The van der Waals surface area contributed by atoms with Crippen molar-refractivity contribution in [3.63, 3.8) is 0 Å². The number of ether oxygens (including phenoxy) is 2. The number of rotatable bonds is 9. The van der Waals surface area contributed by atoms with Gasteiger partial charge in [0.1, 0.15) is 5.75 Å². The van der Waals surface area contributed by atoms with Gasteiger partial charge in [-0.2, -0.15) is 5.10 Å². The van der Waals surface area contributed by atoms with E-state index in [1.807, 2.05) is 36.5 Å².